The lowest BCUT2D eigenvalue weighted by Gasteiger charge is -2.51. The Balaban J connectivity index is 1.40. The molecule has 1 N–H and O–H groups in total. The molecule has 3 atom stereocenters. The topological polar surface area (TPSA) is 52.7 Å². The Labute approximate surface area is 184 Å². The standard InChI is InChI=1S/C26H31N3O2/c1-26(2,19-10-4-3-5-11-19)27-25(31)29-15-8-13-21-23(29)17-22-20-12-7-6-9-18(20)14-16-28(22)24(21)30/h3-7,9-12,21-23H,8,13-17H2,1-2H3,(H,27,31)/t21-,22+,23-/m0/s1. The van der Waals surface area contributed by atoms with Gasteiger partial charge in [0.05, 0.1) is 17.5 Å². The second-order valence-corrected chi connectivity index (χ2v) is 9.66. The number of fused-ring (bicyclic) bond motifs is 4. The fourth-order valence-electron chi connectivity index (χ4n) is 5.77. The van der Waals surface area contributed by atoms with Crippen LogP contribution in [0.4, 0.5) is 4.79 Å². The smallest absolute Gasteiger partial charge is 0.318 e. The van der Waals surface area contributed by atoms with Crippen molar-refractivity contribution in [3.63, 3.8) is 0 Å². The lowest BCUT2D eigenvalue weighted by Crippen LogP contribution is -2.62. The molecule has 5 heteroatoms. The van der Waals surface area contributed by atoms with E-state index in [0.717, 1.165) is 37.8 Å². The number of piperidine rings is 2. The van der Waals surface area contributed by atoms with Crippen LogP contribution in [0, 0.1) is 5.92 Å². The zero-order valence-electron chi connectivity index (χ0n) is 18.4. The van der Waals surface area contributed by atoms with E-state index in [0.29, 0.717) is 6.54 Å². The molecule has 2 aromatic carbocycles. The van der Waals surface area contributed by atoms with Crippen molar-refractivity contribution in [3.8, 4) is 0 Å². The lowest BCUT2D eigenvalue weighted by atomic mass is 9.76. The third-order valence-corrected chi connectivity index (χ3v) is 7.43. The maximum atomic E-state index is 13.4. The van der Waals surface area contributed by atoms with Gasteiger partial charge in [-0.05, 0) is 56.2 Å². The third kappa shape index (κ3) is 3.50. The minimum atomic E-state index is -0.479. The second-order valence-electron chi connectivity index (χ2n) is 9.66. The van der Waals surface area contributed by atoms with E-state index in [1.807, 2.05) is 49.1 Å². The monoisotopic (exact) mass is 417 g/mol. The molecule has 0 aliphatic carbocycles. The lowest BCUT2D eigenvalue weighted by molar-refractivity contribution is -0.148. The van der Waals surface area contributed by atoms with Crippen LogP contribution in [0.25, 0.3) is 0 Å². The highest BCUT2D eigenvalue weighted by Crippen LogP contribution is 2.43. The van der Waals surface area contributed by atoms with Gasteiger partial charge in [-0.2, -0.15) is 0 Å². The third-order valence-electron chi connectivity index (χ3n) is 7.43. The molecule has 2 aromatic rings. The van der Waals surface area contributed by atoms with Crippen LogP contribution < -0.4 is 5.32 Å². The summed E-state index contributed by atoms with van der Waals surface area (Å²) < 4.78 is 0. The molecule has 3 heterocycles. The summed E-state index contributed by atoms with van der Waals surface area (Å²) in [6.07, 6.45) is 3.50. The summed E-state index contributed by atoms with van der Waals surface area (Å²) in [5, 5.41) is 3.24. The highest BCUT2D eigenvalue weighted by molar-refractivity contribution is 5.84. The summed E-state index contributed by atoms with van der Waals surface area (Å²) in [4.78, 5) is 30.9. The molecule has 5 nitrogen and oxygen atoms in total. The van der Waals surface area contributed by atoms with Crippen molar-refractivity contribution in [2.45, 2.75) is 57.2 Å². The van der Waals surface area contributed by atoms with Gasteiger partial charge in [0, 0.05) is 19.1 Å². The SMILES string of the molecule is CC(C)(NC(=O)N1CCC[C@@H]2C(=O)N3CCc4ccccc4[C@H]3C[C@@H]21)c1ccccc1. The first-order valence-electron chi connectivity index (χ1n) is 11.5. The molecule has 0 bridgehead atoms. The molecule has 0 saturated carbocycles. The molecule has 3 aliphatic heterocycles. The number of benzene rings is 2. The summed E-state index contributed by atoms with van der Waals surface area (Å²) in [5.41, 5.74) is 3.19. The van der Waals surface area contributed by atoms with Crippen LogP contribution in [0.1, 0.15) is 55.8 Å². The average Bonchev–Trinajstić information content (AvgIpc) is 2.79. The molecule has 2 fully saturated rings. The van der Waals surface area contributed by atoms with Gasteiger partial charge in [0.25, 0.3) is 0 Å². The summed E-state index contributed by atoms with van der Waals surface area (Å²) in [6, 6.07) is 18.5. The highest BCUT2D eigenvalue weighted by atomic mass is 16.2. The molecule has 31 heavy (non-hydrogen) atoms. The van der Waals surface area contributed by atoms with Crippen molar-refractivity contribution < 1.29 is 9.59 Å². The van der Waals surface area contributed by atoms with Crippen LogP contribution in [-0.2, 0) is 16.8 Å². The Morgan fingerprint density at radius 1 is 1.03 bits per heavy atom. The number of carbonyl (C=O) groups excluding carboxylic acids is 2. The van der Waals surface area contributed by atoms with Crippen molar-refractivity contribution in [1.29, 1.82) is 0 Å². The fourth-order valence-corrected chi connectivity index (χ4v) is 5.77. The summed E-state index contributed by atoms with van der Waals surface area (Å²) >= 11 is 0. The largest absolute Gasteiger partial charge is 0.335 e. The van der Waals surface area contributed by atoms with Gasteiger partial charge in [-0.3, -0.25) is 4.79 Å². The van der Waals surface area contributed by atoms with Crippen LogP contribution in [0.15, 0.2) is 54.6 Å². The summed E-state index contributed by atoms with van der Waals surface area (Å²) in [7, 11) is 0. The number of hydrogen-bond acceptors (Lipinski definition) is 2. The Morgan fingerprint density at radius 2 is 1.77 bits per heavy atom. The van der Waals surface area contributed by atoms with E-state index < -0.39 is 5.54 Å². The molecular weight excluding hydrogens is 386 g/mol. The predicted octanol–water partition coefficient (Wildman–Crippen LogP) is 4.24. The van der Waals surface area contributed by atoms with E-state index in [1.54, 1.807) is 0 Å². The first-order valence-corrected chi connectivity index (χ1v) is 11.5. The maximum absolute atomic E-state index is 13.4. The summed E-state index contributed by atoms with van der Waals surface area (Å²) in [6.45, 7) is 5.57. The van der Waals surface area contributed by atoms with Crippen LogP contribution in [-0.4, -0.2) is 40.9 Å². The van der Waals surface area contributed by atoms with Gasteiger partial charge in [0.15, 0.2) is 0 Å². The van der Waals surface area contributed by atoms with Crippen LogP contribution in [0.5, 0.6) is 0 Å². The quantitative estimate of drug-likeness (QED) is 0.795. The highest BCUT2D eigenvalue weighted by Gasteiger charge is 2.49. The normalized spacial score (nSPS) is 25.4. The first kappa shape index (κ1) is 20.1. The van der Waals surface area contributed by atoms with Gasteiger partial charge in [-0.15, -0.1) is 0 Å². The Hall–Kier alpha value is -2.82. The number of hydrogen-bond donors (Lipinski definition) is 1. The van der Waals surface area contributed by atoms with Crippen molar-refractivity contribution in [2.24, 2.45) is 5.92 Å². The molecule has 162 valence electrons. The minimum Gasteiger partial charge on any atom is -0.335 e. The summed E-state index contributed by atoms with van der Waals surface area (Å²) in [5.74, 6) is 0.149. The van der Waals surface area contributed by atoms with E-state index in [2.05, 4.69) is 34.5 Å². The number of likely N-dealkylation sites (tertiary alicyclic amines) is 1. The van der Waals surface area contributed by atoms with E-state index in [9.17, 15) is 9.59 Å². The van der Waals surface area contributed by atoms with E-state index in [1.165, 1.54) is 11.1 Å². The minimum absolute atomic E-state index is 0.0415. The van der Waals surface area contributed by atoms with Crippen LogP contribution in [0.3, 0.4) is 0 Å². The molecule has 5 rings (SSSR count). The zero-order chi connectivity index (χ0) is 21.6. The molecule has 2 saturated heterocycles. The van der Waals surface area contributed by atoms with E-state index >= 15 is 0 Å². The van der Waals surface area contributed by atoms with Gasteiger partial charge in [0.1, 0.15) is 0 Å². The Bertz CT molecular complexity index is 987. The van der Waals surface area contributed by atoms with E-state index in [4.69, 9.17) is 0 Å². The molecule has 3 amide bonds. The number of rotatable bonds is 2. The van der Waals surface area contributed by atoms with Gasteiger partial charge >= 0.3 is 6.03 Å². The molecule has 0 radical (unpaired) electrons. The van der Waals surface area contributed by atoms with Gasteiger partial charge < -0.3 is 15.1 Å². The van der Waals surface area contributed by atoms with Gasteiger partial charge in [-0.1, -0.05) is 54.6 Å². The average molecular weight is 418 g/mol. The van der Waals surface area contributed by atoms with Gasteiger partial charge in [0.2, 0.25) is 5.91 Å². The van der Waals surface area contributed by atoms with Crippen LogP contribution in [0.2, 0.25) is 0 Å². The maximum Gasteiger partial charge on any atom is 0.318 e. The second kappa shape index (κ2) is 7.70. The number of urea groups is 1. The number of amides is 3. The zero-order valence-corrected chi connectivity index (χ0v) is 18.4. The fraction of sp³-hybridized carbons (Fsp3) is 0.462. The van der Waals surface area contributed by atoms with Gasteiger partial charge in [-0.25, -0.2) is 4.79 Å². The Morgan fingerprint density at radius 3 is 2.58 bits per heavy atom. The van der Waals surface area contributed by atoms with Crippen molar-refractivity contribution >= 4 is 11.9 Å². The number of nitrogens with zero attached hydrogens (tertiary/aromatic N) is 2. The van der Waals surface area contributed by atoms with Crippen molar-refractivity contribution in [1.82, 2.24) is 15.1 Å². The number of carbonyl (C=O) groups is 2. The predicted molar refractivity (Wildman–Crippen MR) is 120 cm³/mol. The van der Waals surface area contributed by atoms with Crippen LogP contribution >= 0.6 is 0 Å². The van der Waals surface area contributed by atoms with Crippen molar-refractivity contribution in [3.05, 3.63) is 71.3 Å². The molecular formula is C26H31N3O2. The first-order chi connectivity index (χ1) is 15.0. The molecule has 0 aromatic heterocycles. The Kier molecular flexibility index (Phi) is 4.99. The van der Waals surface area contributed by atoms with E-state index in [-0.39, 0.29) is 29.9 Å². The van der Waals surface area contributed by atoms with Crippen molar-refractivity contribution in [2.75, 3.05) is 13.1 Å². The number of nitrogens with one attached hydrogen (secondary N) is 1. The molecule has 0 unspecified atom stereocenters. The molecule has 0 spiro atoms. The molecule has 3 aliphatic rings.